The molecule has 0 N–H and O–H groups in total. The molecule has 0 aliphatic rings. The monoisotopic (exact) mass is 266 g/mol. The van der Waals surface area contributed by atoms with Gasteiger partial charge in [0.05, 0.1) is 25.0 Å². The summed E-state index contributed by atoms with van der Waals surface area (Å²) < 4.78 is 14.1. The van der Waals surface area contributed by atoms with Crippen molar-refractivity contribution in [2.75, 3.05) is 0 Å². The van der Waals surface area contributed by atoms with Crippen molar-refractivity contribution >= 4 is 11.9 Å². The molecule has 5 nitrogen and oxygen atoms in total. The van der Waals surface area contributed by atoms with Crippen molar-refractivity contribution in [1.82, 2.24) is 0 Å². The summed E-state index contributed by atoms with van der Waals surface area (Å²) in [6.07, 6.45) is 10.1. The first-order chi connectivity index (χ1) is 9.20. The Morgan fingerprint density at radius 1 is 0.842 bits per heavy atom. The Kier molecular flexibility index (Phi) is 10.7. The second kappa shape index (κ2) is 12.2. The van der Waals surface area contributed by atoms with E-state index in [2.05, 4.69) is 22.6 Å². The largest absolute Gasteiger partial charge is 0.473 e. The number of rotatable bonds is 10. The summed E-state index contributed by atoms with van der Waals surface area (Å²) >= 11 is 0. The minimum atomic E-state index is -0.337. The fourth-order valence-corrected chi connectivity index (χ4v) is 0.999. The minimum Gasteiger partial charge on any atom is -0.473 e. The molecule has 0 saturated carbocycles. The zero-order valence-electron chi connectivity index (χ0n) is 10.7. The van der Waals surface area contributed by atoms with E-state index in [-0.39, 0.29) is 24.8 Å². The van der Waals surface area contributed by atoms with Gasteiger partial charge in [-0.05, 0) is 25.0 Å². The van der Waals surface area contributed by atoms with Gasteiger partial charge < -0.3 is 14.2 Å². The molecule has 0 saturated heterocycles. The summed E-state index contributed by atoms with van der Waals surface area (Å²) in [4.78, 5) is 21.8. The standard InChI is InChI=1S/C14H18O5/c1-3-18-13(15)9-5-7-11-17-12-8-6-10-14(16)19-4-2/h3-4,7-8,11-12H,1-2,5-6,9-10H2. The van der Waals surface area contributed by atoms with E-state index in [0.717, 1.165) is 12.5 Å². The van der Waals surface area contributed by atoms with E-state index in [1.165, 1.54) is 12.5 Å². The first-order valence-electron chi connectivity index (χ1n) is 5.77. The molecule has 104 valence electrons. The molecule has 0 atom stereocenters. The van der Waals surface area contributed by atoms with Crippen molar-refractivity contribution < 1.29 is 23.8 Å². The highest BCUT2D eigenvalue weighted by Gasteiger charge is 1.97. The SMILES string of the molecule is C=COC(=O)CCC=COC=CCCC(=O)OC=C. The van der Waals surface area contributed by atoms with Gasteiger partial charge in [0.25, 0.3) is 0 Å². The summed E-state index contributed by atoms with van der Waals surface area (Å²) in [5.41, 5.74) is 0. The second-order valence-electron chi connectivity index (χ2n) is 3.27. The van der Waals surface area contributed by atoms with Crippen LogP contribution in [0.2, 0.25) is 0 Å². The Morgan fingerprint density at radius 3 is 1.63 bits per heavy atom. The van der Waals surface area contributed by atoms with Crippen molar-refractivity contribution in [3.8, 4) is 0 Å². The van der Waals surface area contributed by atoms with Crippen LogP contribution < -0.4 is 0 Å². The molecule has 0 unspecified atom stereocenters. The van der Waals surface area contributed by atoms with E-state index in [0.29, 0.717) is 12.8 Å². The number of hydrogen-bond acceptors (Lipinski definition) is 5. The number of carbonyl (C=O) groups is 2. The predicted molar refractivity (Wildman–Crippen MR) is 70.4 cm³/mol. The summed E-state index contributed by atoms with van der Waals surface area (Å²) in [5, 5.41) is 0. The molecule has 0 fully saturated rings. The Bertz CT molecular complexity index is 321. The van der Waals surface area contributed by atoms with Crippen LogP contribution in [0.4, 0.5) is 0 Å². The van der Waals surface area contributed by atoms with E-state index in [4.69, 9.17) is 4.74 Å². The maximum absolute atomic E-state index is 10.9. The van der Waals surface area contributed by atoms with Crippen molar-refractivity contribution in [2.45, 2.75) is 25.7 Å². The smallest absolute Gasteiger partial charge is 0.310 e. The molecule has 0 aliphatic carbocycles. The lowest BCUT2D eigenvalue weighted by molar-refractivity contribution is -0.138. The average Bonchev–Trinajstić information content (AvgIpc) is 2.37. The highest BCUT2D eigenvalue weighted by molar-refractivity contribution is 5.70. The molecule has 0 bridgehead atoms. The maximum Gasteiger partial charge on any atom is 0.310 e. The molecule has 19 heavy (non-hydrogen) atoms. The Hall–Kier alpha value is -2.30. The van der Waals surface area contributed by atoms with Gasteiger partial charge in [0.2, 0.25) is 0 Å². The highest BCUT2D eigenvalue weighted by Crippen LogP contribution is 1.97. The van der Waals surface area contributed by atoms with Crippen molar-refractivity contribution in [1.29, 1.82) is 0 Å². The van der Waals surface area contributed by atoms with Crippen LogP contribution in [0.5, 0.6) is 0 Å². The van der Waals surface area contributed by atoms with E-state index in [1.807, 2.05) is 0 Å². The number of ether oxygens (including phenoxy) is 3. The number of esters is 2. The lowest BCUT2D eigenvalue weighted by Gasteiger charge is -1.95. The summed E-state index contributed by atoms with van der Waals surface area (Å²) in [6.45, 7) is 6.56. The Morgan fingerprint density at radius 2 is 1.26 bits per heavy atom. The third-order valence-electron chi connectivity index (χ3n) is 1.81. The van der Waals surface area contributed by atoms with E-state index in [1.54, 1.807) is 12.2 Å². The summed E-state index contributed by atoms with van der Waals surface area (Å²) in [6, 6.07) is 0. The van der Waals surface area contributed by atoms with Crippen LogP contribution in [0.3, 0.4) is 0 Å². The van der Waals surface area contributed by atoms with E-state index >= 15 is 0 Å². The number of carbonyl (C=O) groups excluding carboxylic acids is 2. The molecule has 0 spiro atoms. The number of allylic oxidation sites excluding steroid dienone is 2. The third kappa shape index (κ3) is 12.0. The molecule has 0 aliphatic heterocycles. The van der Waals surface area contributed by atoms with Gasteiger partial charge in [0, 0.05) is 12.8 Å². The van der Waals surface area contributed by atoms with Crippen molar-refractivity contribution in [2.24, 2.45) is 0 Å². The Labute approximate surface area is 112 Å². The van der Waals surface area contributed by atoms with Crippen molar-refractivity contribution in [3.05, 3.63) is 50.4 Å². The molecule has 0 aromatic heterocycles. The minimum absolute atomic E-state index is 0.267. The van der Waals surface area contributed by atoms with Gasteiger partial charge >= 0.3 is 11.9 Å². The average molecular weight is 266 g/mol. The van der Waals surface area contributed by atoms with Gasteiger partial charge in [0.15, 0.2) is 0 Å². The lowest BCUT2D eigenvalue weighted by atomic mass is 10.3. The Balaban J connectivity index is 3.51. The molecule has 0 heterocycles. The molecule has 0 aromatic rings. The lowest BCUT2D eigenvalue weighted by Crippen LogP contribution is -1.97. The van der Waals surface area contributed by atoms with Gasteiger partial charge in [-0.2, -0.15) is 0 Å². The van der Waals surface area contributed by atoms with Gasteiger partial charge in [0.1, 0.15) is 0 Å². The van der Waals surface area contributed by atoms with E-state index < -0.39 is 0 Å². The first-order valence-corrected chi connectivity index (χ1v) is 5.77. The molecule has 0 rings (SSSR count). The van der Waals surface area contributed by atoms with Gasteiger partial charge in [-0.1, -0.05) is 13.2 Å². The van der Waals surface area contributed by atoms with Crippen LogP contribution in [-0.4, -0.2) is 11.9 Å². The normalized spacial score (nSPS) is 10.3. The molecular weight excluding hydrogens is 248 g/mol. The summed E-state index contributed by atoms with van der Waals surface area (Å²) in [7, 11) is 0. The fourth-order valence-electron chi connectivity index (χ4n) is 0.999. The zero-order valence-corrected chi connectivity index (χ0v) is 10.7. The van der Waals surface area contributed by atoms with Crippen LogP contribution in [0, 0.1) is 0 Å². The van der Waals surface area contributed by atoms with Crippen molar-refractivity contribution in [3.63, 3.8) is 0 Å². The number of hydrogen-bond donors (Lipinski definition) is 0. The molecular formula is C14H18O5. The quantitative estimate of drug-likeness (QED) is 0.449. The second-order valence-corrected chi connectivity index (χ2v) is 3.27. The van der Waals surface area contributed by atoms with Crippen LogP contribution in [0.1, 0.15) is 25.7 Å². The fraction of sp³-hybridized carbons (Fsp3) is 0.286. The molecule has 0 radical (unpaired) electrons. The summed E-state index contributed by atoms with van der Waals surface area (Å²) in [5.74, 6) is -0.674. The maximum atomic E-state index is 10.9. The predicted octanol–water partition coefficient (Wildman–Crippen LogP) is 2.96. The topological polar surface area (TPSA) is 61.8 Å². The van der Waals surface area contributed by atoms with Crippen LogP contribution >= 0.6 is 0 Å². The zero-order chi connectivity index (χ0) is 14.3. The van der Waals surface area contributed by atoms with Gasteiger partial charge in [-0.15, -0.1) is 0 Å². The molecule has 0 aromatic carbocycles. The molecule has 5 heteroatoms. The third-order valence-corrected chi connectivity index (χ3v) is 1.81. The van der Waals surface area contributed by atoms with Gasteiger partial charge in [-0.25, -0.2) is 0 Å². The van der Waals surface area contributed by atoms with E-state index in [9.17, 15) is 9.59 Å². The van der Waals surface area contributed by atoms with Crippen LogP contribution in [-0.2, 0) is 23.8 Å². The first kappa shape index (κ1) is 16.7. The molecule has 0 amide bonds. The van der Waals surface area contributed by atoms with Crippen LogP contribution in [0.15, 0.2) is 50.4 Å². The van der Waals surface area contributed by atoms with Crippen LogP contribution in [0.25, 0.3) is 0 Å². The highest BCUT2D eigenvalue weighted by atomic mass is 16.5. The van der Waals surface area contributed by atoms with Gasteiger partial charge in [-0.3, -0.25) is 9.59 Å².